The fraction of sp³-hybridized carbons (Fsp3) is 0.600. The molecule has 0 unspecified atom stereocenters. The summed E-state index contributed by atoms with van der Waals surface area (Å²) in [5.41, 5.74) is 3.97. The van der Waals surface area contributed by atoms with Crippen molar-refractivity contribution in [2.75, 3.05) is 13.2 Å². The average molecular weight is 287 g/mol. The van der Waals surface area contributed by atoms with E-state index in [9.17, 15) is 0 Å². The number of hydrogen-bond acceptors (Lipinski definition) is 4. The first kappa shape index (κ1) is 13.0. The number of hydrogen-bond donors (Lipinski definition) is 0. The monoisotopic (exact) mass is 287 g/mol. The molecule has 1 fully saturated rings. The third-order valence-electron chi connectivity index (χ3n) is 4.67. The van der Waals surface area contributed by atoms with Gasteiger partial charge in [0.2, 0.25) is 0 Å². The van der Waals surface area contributed by atoms with Gasteiger partial charge in [-0.25, -0.2) is 4.98 Å². The van der Waals surface area contributed by atoms with Crippen LogP contribution >= 0.6 is 0 Å². The molecule has 0 amide bonds. The summed E-state index contributed by atoms with van der Waals surface area (Å²) < 4.78 is 9.62. The van der Waals surface area contributed by atoms with Crippen molar-refractivity contribution < 1.29 is 4.74 Å². The van der Waals surface area contributed by atoms with Crippen LogP contribution in [0.15, 0.2) is 18.7 Å². The molecule has 2 aromatic heterocycles. The van der Waals surface area contributed by atoms with Crippen LogP contribution in [0.25, 0.3) is 0 Å². The van der Waals surface area contributed by atoms with Crippen LogP contribution in [0.1, 0.15) is 29.8 Å². The lowest BCUT2D eigenvalue weighted by atomic mass is 10.1. The molecule has 0 N–H and O–H groups in total. The van der Waals surface area contributed by atoms with Crippen LogP contribution in [-0.2, 0) is 31.4 Å². The Bertz CT molecular complexity index is 612. The summed E-state index contributed by atoms with van der Waals surface area (Å²) in [6, 6.07) is 0.659. The Labute approximate surface area is 124 Å². The molecular formula is C15H21N5O. The van der Waals surface area contributed by atoms with Gasteiger partial charge >= 0.3 is 0 Å². The molecule has 4 rings (SSSR count). The van der Waals surface area contributed by atoms with Gasteiger partial charge in [-0.1, -0.05) is 0 Å². The van der Waals surface area contributed by atoms with E-state index in [-0.39, 0.29) is 0 Å². The van der Waals surface area contributed by atoms with Crippen LogP contribution in [0.3, 0.4) is 0 Å². The second-order valence-corrected chi connectivity index (χ2v) is 5.98. The van der Waals surface area contributed by atoms with E-state index in [2.05, 4.69) is 26.2 Å². The lowest BCUT2D eigenvalue weighted by Crippen LogP contribution is -2.36. The maximum absolute atomic E-state index is 5.48. The van der Waals surface area contributed by atoms with Crippen molar-refractivity contribution in [2.45, 2.75) is 38.5 Å². The van der Waals surface area contributed by atoms with Gasteiger partial charge < -0.3 is 9.30 Å². The highest BCUT2D eigenvalue weighted by Gasteiger charge is 2.31. The molecule has 0 bridgehead atoms. The largest absolute Gasteiger partial charge is 0.381 e. The molecule has 112 valence electrons. The fourth-order valence-electron chi connectivity index (χ4n) is 3.48. The second kappa shape index (κ2) is 5.27. The van der Waals surface area contributed by atoms with Crippen molar-refractivity contribution in [1.82, 2.24) is 24.2 Å². The predicted molar refractivity (Wildman–Crippen MR) is 77.6 cm³/mol. The minimum atomic E-state index is 0.659. The molecule has 2 aliphatic heterocycles. The number of fused-ring (bicyclic) bond motifs is 1. The maximum atomic E-state index is 5.48. The molecule has 4 heterocycles. The summed E-state index contributed by atoms with van der Waals surface area (Å²) in [5.74, 6) is 0. The summed E-state index contributed by atoms with van der Waals surface area (Å²) in [7, 11) is 2.06. The molecule has 2 aromatic rings. The number of nitrogens with zero attached hydrogens (tertiary/aromatic N) is 5. The van der Waals surface area contributed by atoms with Crippen LogP contribution in [0.4, 0.5) is 0 Å². The zero-order valence-electron chi connectivity index (χ0n) is 12.4. The molecule has 0 radical (unpaired) electrons. The SMILES string of the molecule is Cn1nc(Cn2ccnc2)c2c1CN(C1CCOCC1)C2. The van der Waals surface area contributed by atoms with Crippen molar-refractivity contribution in [3.63, 3.8) is 0 Å². The minimum Gasteiger partial charge on any atom is -0.381 e. The fourth-order valence-corrected chi connectivity index (χ4v) is 3.48. The molecule has 0 spiro atoms. The van der Waals surface area contributed by atoms with E-state index in [1.807, 2.05) is 18.7 Å². The van der Waals surface area contributed by atoms with Gasteiger partial charge in [-0.2, -0.15) is 5.10 Å². The third kappa shape index (κ3) is 2.38. The van der Waals surface area contributed by atoms with Crippen LogP contribution in [-0.4, -0.2) is 43.5 Å². The van der Waals surface area contributed by atoms with E-state index < -0.39 is 0 Å². The van der Waals surface area contributed by atoms with Gasteiger partial charge in [-0.3, -0.25) is 9.58 Å². The van der Waals surface area contributed by atoms with E-state index in [1.54, 1.807) is 0 Å². The molecule has 0 saturated carbocycles. The second-order valence-electron chi connectivity index (χ2n) is 5.98. The Hall–Kier alpha value is -1.66. The number of aryl methyl sites for hydroxylation is 1. The summed E-state index contributed by atoms with van der Waals surface area (Å²) in [5, 5.41) is 4.70. The number of ether oxygens (including phenoxy) is 1. The highest BCUT2D eigenvalue weighted by Crippen LogP contribution is 2.30. The summed E-state index contributed by atoms with van der Waals surface area (Å²) in [6.45, 7) is 4.66. The summed E-state index contributed by atoms with van der Waals surface area (Å²) in [4.78, 5) is 6.70. The van der Waals surface area contributed by atoms with Gasteiger partial charge in [0.1, 0.15) is 0 Å². The van der Waals surface area contributed by atoms with E-state index >= 15 is 0 Å². The van der Waals surface area contributed by atoms with Gasteiger partial charge in [0.15, 0.2) is 0 Å². The number of rotatable bonds is 3. The number of imidazole rings is 1. The van der Waals surface area contributed by atoms with Crippen molar-refractivity contribution in [3.05, 3.63) is 35.7 Å². The van der Waals surface area contributed by atoms with Crippen LogP contribution in [0.5, 0.6) is 0 Å². The molecule has 0 aliphatic carbocycles. The topological polar surface area (TPSA) is 48.1 Å². The van der Waals surface area contributed by atoms with Crippen molar-refractivity contribution >= 4 is 0 Å². The summed E-state index contributed by atoms with van der Waals surface area (Å²) in [6.07, 6.45) is 7.96. The molecule has 6 nitrogen and oxygen atoms in total. The van der Waals surface area contributed by atoms with Crippen molar-refractivity contribution in [2.24, 2.45) is 7.05 Å². The Kier molecular flexibility index (Phi) is 3.27. The highest BCUT2D eigenvalue weighted by molar-refractivity contribution is 5.30. The first-order chi connectivity index (χ1) is 10.3. The van der Waals surface area contributed by atoms with Gasteiger partial charge in [-0.15, -0.1) is 0 Å². The minimum absolute atomic E-state index is 0.659. The molecule has 6 heteroatoms. The zero-order valence-corrected chi connectivity index (χ0v) is 12.4. The van der Waals surface area contributed by atoms with Crippen LogP contribution in [0.2, 0.25) is 0 Å². The normalized spacial score (nSPS) is 20.0. The van der Waals surface area contributed by atoms with E-state index in [0.717, 1.165) is 45.7 Å². The Balaban J connectivity index is 1.54. The number of aromatic nitrogens is 4. The molecular weight excluding hydrogens is 266 g/mol. The molecule has 21 heavy (non-hydrogen) atoms. The molecule has 0 aromatic carbocycles. The molecule has 0 atom stereocenters. The van der Waals surface area contributed by atoms with Gasteiger partial charge in [0.25, 0.3) is 0 Å². The first-order valence-corrected chi connectivity index (χ1v) is 7.62. The first-order valence-electron chi connectivity index (χ1n) is 7.62. The van der Waals surface area contributed by atoms with E-state index in [4.69, 9.17) is 9.84 Å². The average Bonchev–Trinajstić information content (AvgIpc) is 3.21. The quantitative estimate of drug-likeness (QED) is 0.850. The van der Waals surface area contributed by atoms with Gasteiger partial charge in [0.05, 0.1) is 24.3 Å². The van der Waals surface area contributed by atoms with Crippen LogP contribution in [0, 0.1) is 0 Å². The zero-order chi connectivity index (χ0) is 14.2. The Morgan fingerprint density at radius 2 is 2.14 bits per heavy atom. The van der Waals surface area contributed by atoms with E-state index in [1.165, 1.54) is 17.0 Å². The highest BCUT2D eigenvalue weighted by atomic mass is 16.5. The standard InChI is InChI=1S/C15H21N5O/c1-18-15-10-20(12-2-6-21-7-3-12)8-13(15)14(17-18)9-19-5-4-16-11-19/h4-5,11-12H,2-3,6-10H2,1H3. The lowest BCUT2D eigenvalue weighted by molar-refractivity contribution is 0.0318. The summed E-state index contributed by atoms with van der Waals surface area (Å²) >= 11 is 0. The van der Waals surface area contributed by atoms with Crippen LogP contribution < -0.4 is 0 Å². The molecule has 2 aliphatic rings. The van der Waals surface area contributed by atoms with Crippen molar-refractivity contribution in [1.29, 1.82) is 0 Å². The Morgan fingerprint density at radius 3 is 2.90 bits per heavy atom. The van der Waals surface area contributed by atoms with Gasteiger partial charge in [0, 0.05) is 57.3 Å². The van der Waals surface area contributed by atoms with E-state index in [0.29, 0.717) is 6.04 Å². The maximum Gasteiger partial charge on any atom is 0.0949 e. The smallest absolute Gasteiger partial charge is 0.0949 e. The predicted octanol–water partition coefficient (Wildman–Crippen LogP) is 1.16. The lowest BCUT2D eigenvalue weighted by Gasteiger charge is -2.30. The molecule has 1 saturated heterocycles. The Morgan fingerprint density at radius 1 is 1.29 bits per heavy atom. The van der Waals surface area contributed by atoms with Gasteiger partial charge in [-0.05, 0) is 12.8 Å². The van der Waals surface area contributed by atoms with Crippen molar-refractivity contribution in [3.8, 4) is 0 Å². The third-order valence-corrected chi connectivity index (χ3v) is 4.67.